The standard InChI is InChI=1S/C14H12ClFN2O/c1-8-5-11(12(7-18-8)14(19)17-2)10-4-3-9(15)6-13(10)16/h3-7H,1-2H3,(H,17,19). The van der Waals surface area contributed by atoms with Gasteiger partial charge in [-0.25, -0.2) is 4.39 Å². The van der Waals surface area contributed by atoms with Crippen molar-refractivity contribution >= 4 is 17.5 Å². The summed E-state index contributed by atoms with van der Waals surface area (Å²) in [4.78, 5) is 15.9. The third-order valence-electron chi connectivity index (χ3n) is 2.73. The first kappa shape index (κ1) is 13.5. The van der Waals surface area contributed by atoms with E-state index in [-0.39, 0.29) is 5.91 Å². The predicted octanol–water partition coefficient (Wildman–Crippen LogP) is 3.21. The zero-order chi connectivity index (χ0) is 14.0. The Labute approximate surface area is 115 Å². The smallest absolute Gasteiger partial charge is 0.253 e. The van der Waals surface area contributed by atoms with Gasteiger partial charge in [-0.1, -0.05) is 11.6 Å². The van der Waals surface area contributed by atoms with Crippen molar-refractivity contribution in [2.24, 2.45) is 0 Å². The Kier molecular flexibility index (Phi) is 3.81. The Balaban J connectivity index is 2.66. The lowest BCUT2D eigenvalue weighted by Gasteiger charge is -2.10. The average Bonchev–Trinajstić information content (AvgIpc) is 2.38. The summed E-state index contributed by atoms with van der Waals surface area (Å²) in [7, 11) is 1.52. The number of pyridine rings is 1. The number of carbonyl (C=O) groups is 1. The summed E-state index contributed by atoms with van der Waals surface area (Å²) >= 11 is 5.73. The van der Waals surface area contributed by atoms with E-state index in [0.717, 1.165) is 0 Å². The number of benzene rings is 1. The van der Waals surface area contributed by atoms with Gasteiger partial charge in [0.1, 0.15) is 5.82 Å². The first-order chi connectivity index (χ1) is 9.02. The molecular formula is C14H12ClFN2O. The zero-order valence-electron chi connectivity index (χ0n) is 10.5. The fraction of sp³-hybridized carbons (Fsp3) is 0.143. The normalized spacial score (nSPS) is 10.3. The highest BCUT2D eigenvalue weighted by Crippen LogP contribution is 2.28. The molecule has 0 spiro atoms. The third kappa shape index (κ3) is 2.74. The summed E-state index contributed by atoms with van der Waals surface area (Å²) in [5.74, 6) is -0.778. The lowest BCUT2D eigenvalue weighted by Crippen LogP contribution is -2.19. The maximum atomic E-state index is 14.0. The molecule has 0 saturated heterocycles. The Morgan fingerprint density at radius 1 is 1.32 bits per heavy atom. The Hall–Kier alpha value is -1.94. The van der Waals surface area contributed by atoms with Crippen LogP contribution in [-0.4, -0.2) is 17.9 Å². The number of nitrogens with one attached hydrogen (secondary N) is 1. The highest BCUT2D eigenvalue weighted by molar-refractivity contribution is 6.30. The highest BCUT2D eigenvalue weighted by Gasteiger charge is 2.15. The van der Waals surface area contributed by atoms with Crippen LogP contribution < -0.4 is 5.32 Å². The van der Waals surface area contributed by atoms with Crippen LogP contribution in [0.5, 0.6) is 0 Å². The van der Waals surface area contributed by atoms with E-state index < -0.39 is 5.82 Å². The molecule has 0 unspecified atom stereocenters. The van der Waals surface area contributed by atoms with Crippen LogP contribution in [0.15, 0.2) is 30.5 Å². The summed E-state index contributed by atoms with van der Waals surface area (Å²) in [6, 6.07) is 6.04. The van der Waals surface area contributed by atoms with Crippen molar-refractivity contribution in [2.45, 2.75) is 6.92 Å². The molecule has 0 radical (unpaired) electrons. The van der Waals surface area contributed by atoms with Crippen LogP contribution in [0.2, 0.25) is 5.02 Å². The average molecular weight is 279 g/mol. The fourth-order valence-electron chi connectivity index (χ4n) is 1.81. The third-order valence-corrected chi connectivity index (χ3v) is 2.97. The molecule has 0 saturated carbocycles. The quantitative estimate of drug-likeness (QED) is 0.916. The van der Waals surface area contributed by atoms with E-state index in [1.54, 1.807) is 25.1 Å². The minimum atomic E-state index is -0.469. The van der Waals surface area contributed by atoms with E-state index >= 15 is 0 Å². The lowest BCUT2D eigenvalue weighted by atomic mass is 9.99. The minimum absolute atomic E-state index is 0.308. The van der Waals surface area contributed by atoms with Gasteiger partial charge in [0.2, 0.25) is 0 Å². The van der Waals surface area contributed by atoms with Crippen molar-refractivity contribution in [3.63, 3.8) is 0 Å². The summed E-state index contributed by atoms with van der Waals surface area (Å²) in [5.41, 5.74) is 1.86. The van der Waals surface area contributed by atoms with E-state index in [1.165, 1.54) is 19.3 Å². The van der Waals surface area contributed by atoms with Crippen LogP contribution in [0.4, 0.5) is 4.39 Å². The molecule has 1 amide bonds. The number of carbonyl (C=O) groups excluding carboxylic acids is 1. The second-order valence-electron chi connectivity index (χ2n) is 4.07. The van der Waals surface area contributed by atoms with Gasteiger partial charge in [-0.05, 0) is 31.2 Å². The van der Waals surface area contributed by atoms with Crippen molar-refractivity contribution in [3.05, 3.63) is 52.6 Å². The van der Waals surface area contributed by atoms with Crippen molar-refractivity contribution in [1.29, 1.82) is 0 Å². The van der Waals surface area contributed by atoms with Gasteiger partial charge >= 0.3 is 0 Å². The topological polar surface area (TPSA) is 42.0 Å². The van der Waals surface area contributed by atoms with Crippen molar-refractivity contribution in [3.8, 4) is 11.1 Å². The largest absolute Gasteiger partial charge is 0.355 e. The molecule has 2 aromatic rings. The molecule has 0 fully saturated rings. The second-order valence-corrected chi connectivity index (χ2v) is 4.51. The van der Waals surface area contributed by atoms with Gasteiger partial charge in [-0.2, -0.15) is 0 Å². The summed E-state index contributed by atoms with van der Waals surface area (Å²) in [6.07, 6.45) is 1.44. The number of amides is 1. The van der Waals surface area contributed by atoms with Gasteiger partial charge in [0.15, 0.2) is 0 Å². The molecule has 1 N–H and O–H groups in total. The molecule has 0 bridgehead atoms. The molecule has 0 aliphatic carbocycles. The van der Waals surface area contributed by atoms with Gasteiger partial charge in [0, 0.05) is 35.1 Å². The number of aromatic nitrogens is 1. The van der Waals surface area contributed by atoms with Crippen LogP contribution >= 0.6 is 11.6 Å². The van der Waals surface area contributed by atoms with Crippen LogP contribution in [0.25, 0.3) is 11.1 Å². The van der Waals surface area contributed by atoms with Gasteiger partial charge in [-0.3, -0.25) is 9.78 Å². The molecule has 1 aromatic heterocycles. The van der Waals surface area contributed by atoms with Gasteiger partial charge in [0.25, 0.3) is 5.91 Å². The second kappa shape index (κ2) is 5.36. The van der Waals surface area contributed by atoms with E-state index in [9.17, 15) is 9.18 Å². The Morgan fingerprint density at radius 2 is 2.05 bits per heavy atom. The molecular weight excluding hydrogens is 267 g/mol. The van der Waals surface area contributed by atoms with E-state index in [2.05, 4.69) is 10.3 Å². The number of aryl methyl sites for hydroxylation is 1. The van der Waals surface area contributed by atoms with Crippen molar-refractivity contribution in [2.75, 3.05) is 7.05 Å². The molecule has 0 aliphatic rings. The first-order valence-electron chi connectivity index (χ1n) is 5.67. The fourth-order valence-corrected chi connectivity index (χ4v) is 1.96. The molecule has 2 rings (SSSR count). The Morgan fingerprint density at radius 3 is 2.68 bits per heavy atom. The minimum Gasteiger partial charge on any atom is -0.355 e. The SMILES string of the molecule is CNC(=O)c1cnc(C)cc1-c1ccc(Cl)cc1F. The molecule has 0 atom stereocenters. The van der Waals surface area contributed by atoms with Crippen molar-refractivity contribution < 1.29 is 9.18 Å². The number of nitrogens with zero attached hydrogens (tertiary/aromatic N) is 1. The highest BCUT2D eigenvalue weighted by atomic mass is 35.5. The van der Waals surface area contributed by atoms with Gasteiger partial charge < -0.3 is 5.32 Å². The van der Waals surface area contributed by atoms with E-state index in [1.807, 2.05) is 0 Å². The molecule has 0 aliphatic heterocycles. The van der Waals surface area contributed by atoms with Crippen LogP contribution in [0.3, 0.4) is 0 Å². The maximum absolute atomic E-state index is 14.0. The molecule has 19 heavy (non-hydrogen) atoms. The maximum Gasteiger partial charge on any atom is 0.253 e. The number of rotatable bonds is 2. The van der Waals surface area contributed by atoms with Crippen LogP contribution in [-0.2, 0) is 0 Å². The monoisotopic (exact) mass is 278 g/mol. The molecule has 1 heterocycles. The molecule has 98 valence electrons. The summed E-state index contributed by atoms with van der Waals surface area (Å²) < 4.78 is 14.0. The molecule has 1 aromatic carbocycles. The predicted molar refractivity (Wildman–Crippen MR) is 72.8 cm³/mol. The Bertz CT molecular complexity index is 643. The van der Waals surface area contributed by atoms with E-state index in [0.29, 0.717) is 27.4 Å². The van der Waals surface area contributed by atoms with Gasteiger partial charge in [-0.15, -0.1) is 0 Å². The molecule has 5 heteroatoms. The van der Waals surface area contributed by atoms with Crippen molar-refractivity contribution in [1.82, 2.24) is 10.3 Å². The number of hydrogen-bond donors (Lipinski definition) is 1. The van der Waals surface area contributed by atoms with Crippen LogP contribution in [0.1, 0.15) is 16.1 Å². The number of halogens is 2. The first-order valence-corrected chi connectivity index (χ1v) is 6.05. The lowest BCUT2D eigenvalue weighted by molar-refractivity contribution is 0.0963. The van der Waals surface area contributed by atoms with Crippen LogP contribution in [0, 0.1) is 12.7 Å². The summed E-state index contributed by atoms with van der Waals surface area (Å²) in [6.45, 7) is 1.78. The number of hydrogen-bond acceptors (Lipinski definition) is 2. The van der Waals surface area contributed by atoms with Gasteiger partial charge in [0.05, 0.1) is 5.56 Å². The zero-order valence-corrected chi connectivity index (χ0v) is 11.3. The summed E-state index contributed by atoms with van der Waals surface area (Å²) in [5, 5.41) is 2.83. The van der Waals surface area contributed by atoms with E-state index in [4.69, 9.17) is 11.6 Å². The molecule has 3 nitrogen and oxygen atoms in total.